The van der Waals surface area contributed by atoms with Gasteiger partial charge >= 0.3 is 5.97 Å². The Bertz CT molecular complexity index is 570. The van der Waals surface area contributed by atoms with E-state index < -0.39 is 22.0 Å². The van der Waals surface area contributed by atoms with Crippen molar-refractivity contribution in [1.82, 2.24) is 4.72 Å². The minimum Gasteiger partial charge on any atom is -0.468 e. The smallest absolute Gasteiger partial charge is 0.323 e. The van der Waals surface area contributed by atoms with E-state index in [0.29, 0.717) is 11.1 Å². The molecule has 1 atom stereocenters. The van der Waals surface area contributed by atoms with Crippen LogP contribution in [-0.4, -0.2) is 27.5 Å². The van der Waals surface area contributed by atoms with Crippen molar-refractivity contribution in [2.24, 2.45) is 0 Å². The normalized spacial score (nSPS) is 13.1. The second-order valence-electron chi connectivity index (χ2n) is 4.59. The van der Waals surface area contributed by atoms with Crippen LogP contribution in [0.3, 0.4) is 0 Å². The summed E-state index contributed by atoms with van der Waals surface area (Å²) >= 11 is 0. The van der Waals surface area contributed by atoms with Crippen LogP contribution >= 0.6 is 0 Å². The summed E-state index contributed by atoms with van der Waals surface area (Å²) in [7, 11) is -2.53. The van der Waals surface area contributed by atoms with Gasteiger partial charge in [-0.15, -0.1) is 0 Å². The first-order valence-corrected chi connectivity index (χ1v) is 7.35. The van der Waals surface area contributed by atoms with Gasteiger partial charge in [0.25, 0.3) is 0 Å². The Morgan fingerprint density at radius 2 is 1.68 bits per heavy atom. The number of carbonyl (C=O) groups is 1. The fraction of sp³-hybridized carbons (Fsp3) is 0.462. The molecular weight excluding hydrogens is 266 g/mol. The Labute approximate surface area is 114 Å². The molecule has 106 valence electrons. The van der Waals surface area contributed by atoms with Gasteiger partial charge in [-0.25, -0.2) is 8.42 Å². The van der Waals surface area contributed by atoms with Crippen LogP contribution in [0.4, 0.5) is 0 Å². The highest BCUT2D eigenvalue weighted by Gasteiger charge is 2.25. The minimum atomic E-state index is -3.74. The van der Waals surface area contributed by atoms with E-state index in [1.54, 1.807) is 26.0 Å². The fourth-order valence-corrected chi connectivity index (χ4v) is 3.75. The lowest BCUT2D eigenvalue weighted by Crippen LogP contribution is -2.39. The number of sulfonamides is 1. The average molecular weight is 285 g/mol. The second kappa shape index (κ2) is 5.71. The predicted octanol–water partition coefficient (Wildman–Crippen LogP) is 1.45. The monoisotopic (exact) mass is 285 g/mol. The number of carbonyl (C=O) groups excluding carboxylic acids is 1. The van der Waals surface area contributed by atoms with Crippen molar-refractivity contribution in [1.29, 1.82) is 0 Å². The van der Waals surface area contributed by atoms with Gasteiger partial charge in [-0.05, 0) is 38.8 Å². The van der Waals surface area contributed by atoms with Gasteiger partial charge in [0.1, 0.15) is 6.04 Å². The molecule has 0 aliphatic carbocycles. The minimum absolute atomic E-state index is 0.217. The van der Waals surface area contributed by atoms with Crippen LogP contribution in [0.2, 0.25) is 0 Å². The number of ether oxygens (including phenoxy) is 1. The topological polar surface area (TPSA) is 72.5 Å². The summed E-state index contributed by atoms with van der Waals surface area (Å²) in [6, 6.07) is 2.67. The van der Waals surface area contributed by atoms with Crippen molar-refractivity contribution >= 4 is 16.0 Å². The zero-order chi connectivity index (χ0) is 14.8. The second-order valence-corrected chi connectivity index (χ2v) is 6.24. The number of rotatable bonds is 4. The van der Waals surface area contributed by atoms with Gasteiger partial charge in [0.05, 0.1) is 12.0 Å². The third-order valence-corrected chi connectivity index (χ3v) is 4.61. The van der Waals surface area contributed by atoms with E-state index in [0.717, 1.165) is 5.56 Å². The molecule has 0 radical (unpaired) electrons. The van der Waals surface area contributed by atoms with Gasteiger partial charge < -0.3 is 4.74 Å². The number of methoxy groups -OCH3 is 1. The van der Waals surface area contributed by atoms with Crippen molar-refractivity contribution in [3.8, 4) is 0 Å². The van der Waals surface area contributed by atoms with Crippen molar-refractivity contribution in [3.05, 3.63) is 28.8 Å². The van der Waals surface area contributed by atoms with Crippen LogP contribution in [-0.2, 0) is 19.6 Å². The molecule has 0 spiro atoms. The van der Waals surface area contributed by atoms with Crippen LogP contribution < -0.4 is 4.72 Å². The van der Waals surface area contributed by atoms with Crippen molar-refractivity contribution in [3.63, 3.8) is 0 Å². The SMILES string of the molecule is COC(=O)[C@H](C)NS(=O)(=O)c1c(C)cc(C)cc1C. The number of nitrogens with one attached hydrogen (secondary N) is 1. The Kier molecular flexibility index (Phi) is 4.70. The maximum Gasteiger partial charge on any atom is 0.323 e. The molecule has 0 aliphatic rings. The molecular formula is C13H19NO4S. The molecule has 0 saturated heterocycles. The number of hydrogen-bond donors (Lipinski definition) is 1. The summed E-state index contributed by atoms with van der Waals surface area (Å²) in [5.41, 5.74) is 2.30. The molecule has 0 bridgehead atoms. The molecule has 0 amide bonds. The molecule has 0 aromatic heterocycles. The van der Waals surface area contributed by atoms with Crippen molar-refractivity contribution in [2.45, 2.75) is 38.6 Å². The highest BCUT2D eigenvalue weighted by molar-refractivity contribution is 7.89. The van der Waals surface area contributed by atoms with E-state index in [4.69, 9.17) is 0 Å². The Morgan fingerprint density at radius 3 is 2.11 bits per heavy atom. The van der Waals surface area contributed by atoms with Crippen molar-refractivity contribution in [2.75, 3.05) is 7.11 Å². The molecule has 1 N–H and O–H groups in total. The molecule has 0 unspecified atom stereocenters. The van der Waals surface area contributed by atoms with Gasteiger partial charge in [0.2, 0.25) is 10.0 Å². The zero-order valence-electron chi connectivity index (χ0n) is 11.8. The fourth-order valence-electron chi connectivity index (χ4n) is 2.11. The van der Waals surface area contributed by atoms with Crippen LogP contribution in [0.25, 0.3) is 0 Å². The first-order chi connectivity index (χ1) is 8.69. The molecule has 0 saturated carbocycles. The van der Waals surface area contributed by atoms with Crippen LogP contribution in [0.1, 0.15) is 23.6 Å². The number of aryl methyl sites for hydroxylation is 3. The molecule has 1 aromatic rings. The van der Waals surface area contributed by atoms with E-state index in [-0.39, 0.29) is 4.90 Å². The lowest BCUT2D eigenvalue weighted by atomic mass is 10.1. The average Bonchev–Trinajstić information content (AvgIpc) is 2.24. The summed E-state index contributed by atoms with van der Waals surface area (Å²) < 4.78 is 31.4. The molecule has 1 aromatic carbocycles. The summed E-state index contributed by atoms with van der Waals surface area (Å²) in [4.78, 5) is 11.5. The molecule has 5 nitrogen and oxygen atoms in total. The van der Waals surface area contributed by atoms with E-state index in [9.17, 15) is 13.2 Å². The summed E-state index contributed by atoms with van der Waals surface area (Å²) in [5.74, 6) is -0.619. The van der Waals surface area contributed by atoms with Crippen molar-refractivity contribution < 1.29 is 17.9 Å². The van der Waals surface area contributed by atoms with Gasteiger partial charge in [-0.3, -0.25) is 4.79 Å². The first kappa shape index (κ1) is 15.7. The van der Waals surface area contributed by atoms with Crippen LogP contribution in [0.5, 0.6) is 0 Å². The quantitative estimate of drug-likeness (QED) is 0.850. The van der Waals surface area contributed by atoms with Gasteiger partial charge in [-0.1, -0.05) is 17.7 Å². The van der Waals surface area contributed by atoms with Gasteiger partial charge in [0.15, 0.2) is 0 Å². The molecule has 1 rings (SSSR count). The number of benzene rings is 1. The predicted molar refractivity (Wildman–Crippen MR) is 72.5 cm³/mol. The van der Waals surface area contributed by atoms with Gasteiger partial charge in [0, 0.05) is 0 Å². The van der Waals surface area contributed by atoms with E-state index in [1.165, 1.54) is 14.0 Å². The Morgan fingerprint density at radius 1 is 1.21 bits per heavy atom. The largest absolute Gasteiger partial charge is 0.468 e. The Balaban J connectivity index is 3.18. The van der Waals surface area contributed by atoms with Crippen LogP contribution in [0, 0.1) is 20.8 Å². The first-order valence-electron chi connectivity index (χ1n) is 5.87. The van der Waals surface area contributed by atoms with E-state index in [2.05, 4.69) is 9.46 Å². The number of hydrogen-bond acceptors (Lipinski definition) is 4. The lowest BCUT2D eigenvalue weighted by Gasteiger charge is -2.16. The standard InChI is InChI=1S/C13H19NO4S/c1-8-6-9(2)12(10(3)7-8)19(16,17)14-11(4)13(15)18-5/h6-7,11,14H,1-5H3/t11-/m0/s1. The molecule has 0 heterocycles. The summed E-state index contributed by atoms with van der Waals surface area (Å²) in [5, 5.41) is 0. The summed E-state index contributed by atoms with van der Waals surface area (Å²) in [6.07, 6.45) is 0. The summed E-state index contributed by atoms with van der Waals surface area (Å²) in [6.45, 7) is 6.82. The maximum absolute atomic E-state index is 12.3. The third kappa shape index (κ3) is 3.54. The maximum atomic E-state index is 12.3. The molecule has 6 heteroatoms. The molecule has 0 aliphatic heterocycles. The number of esters is 1. The van der Waals surface area contributed by atoms with Crippen LogP contribution in [0.15, 0.2) is 17.0 Å². The highest BCUT2D eigenvalue weighted by Crippen LogP contribution is 2.21. The van der Waals surface area contributed by atoms with E-state index >= 15 is 0 Å². The van der Waals surface area contributed by atoms with Gasteiger partial charge in [-0.2, -0.15) is 4.72 Å². The van der Waals surface area contributed by atoms with E-state index in [1.807, 2.05) is 6.92 Å². The third-order valence-electron chi connectivity index (χ3n) is 2.76. The highest BCUT2D eigenvalue weighted by atomic mass is 32.2. The Hall–Kier alpha value is -1.40. The molecule has 0 fully saturated rings. The molecule has 19 heavy (non-hydrogen) atoms. The lowest BCUT2D eigenvalue weighted by molar-refractivity contribution is -0.142. The zero-order valence-corrected chi connectivity index (χ0v) is 12.6.